The summed E-state index contributed by atoms with van der Waals surface area (Å²) in [6, 6.07) is 5.82. The third-order valence-electron chi connectivity index (χ3n) is 4.38. The second-order valence-corrected chi connectivity index (χ2v) is 6.28. The highest BCUT2D eigenvalue weighted by Gasteiger charge is 2.13. The van der Waals surface area contributed by atoms with Crippen LogP contribution in [-0.4, -0.2) is 30.8 Å². The molecule has 0 saturated heterocycles. The van der Waals surface area contributed by atoms with Gasteiger partial charge in [-0.3, -0.25) is 0 Å². The van der Waals surface area contributed by atoms with Crippen molar-refractivity contribution in [1.82, 2.24) is 9.97 Å². The molecule has 0 saturated carbocycles. The van der Waals surface area contributed by atoms with Crippen LogP contribution in [0, 0.1) is 5.92 Å². The minimum absolute atomic E-state index is 0.168. The van der Waals surface area contributed by atoms with Crippen LogP contribution in [-0.2, 0) is 11.2 Å². The largest absolute Gasteiger partial charge is 0.497 e. The Morgan fingerprint density at radius 2 is 2.00 bits per heavy atom. The van der Waals surface area contributed by atoms with Gasteiger partial charge in [0.05, 0.1) is 20.8 Å². The van der Waals surface area contributed by atoms with Gasteiger partial charge in [-0.05, 0) is 36.3 Å². The summed E-state index contributed by atoms with van der Waals surface area (Å²) in [7, 11) is 3.30. The Bertz CT molecular complexity index is 864. The number of benzene rings is 1. The maximum atomic E-state index is 5.97. The smallest absolute Gasteiger partial charge is 0.221 e. The Hall–Kier alpha value is -3.22. The van der Waals surface area contributed by atoms with Crippen molar-refractivity contribution in [3.05, 3.63) is 59.5 Å². The topological polar surface area (TPSA) is 106 Å². The SMILES string of the molecule is COC1=CCC(COc2ccc(Cc3cnc(N)nc3N)cc2OC)C=C1. The maximum Gasteiger partial charge on any atom is 0.221 e. The van der Waals surface area contributed by atoms with E-state index >= 15 is 0 Å². The average Bonchev–Trinajstić information content (AvgIpc) is 2.69. The van der Waals surface area contributed by atoms with Crippen LogP contribution < -0.4 is 20.9 Å². The first-order chi connectivity index (χ1) is 13.1. The molecule has 1 aromatic heterocycles. The van der Waals surface area contributed by atoms with Crippen molar-refractivity contribution < 1.29 is 14.2 Å². The zero-order valence-electron chi connectivity index (χ0n) is 15.5. The molecule has 0 spiro atoms. The number of nitrogens with two attached hydrogens (primary N) is 2. The van der Waals surface area contributed by atoms with E-state index in [-0.39, 0.29) is 5.95 Å². The lowest BCUT2D eigenvalue weighted by molar-refractivity contribution is 0.254. The fourth-order valence-electron chi connectivity index (χ4n) is 2.85. The van der Waals surface area contributed by atoms with Crippen molar-refractivity contribution in [2.45, 2.75) is 12.8 Å². The standard InChI is InChI=1S/C20H24N4O3/c1-25-16-6-3-13(4-7-16)12-27-17-8-5-14(10-18(17)26-2)9-15-11-23-20(22)24-19(15)21/h3,5-8,10-11,13H,4,9,12H2,1-2H3,(H4,21,22,23,24). The molecule has 1 heterocycles. The van der Waals surface area contributed by atoms with Crippen LogP contribution in [0.25, 0.3) is 0 Å². The second kappa shape index (κ2) is 8.44. The normalized spacial score (nSPS) is 15.9. The molecule has 1 aliphatic carbocycles. The molecule has 1 unspecified atom stereocenters. The van der Waals surface area contributed by atoms with E-state index < -0.39 is 0 Å². The van der Waals surface area contributed by atoms with Crippen LogP contribution in [0.5, 0.6) is 11.5 Å². The first kappa shape index (κ1) is 18.6. The van der Waals surface area contributed by atoms with Gasteiger partial charge in [-0.15, -0.1) is 0 Å². The summed E-state index contributed by atoms with van der Waals surface area (Å²) in [5.41, 5.74) is 13.3. The molecule has 0 radical (unpaired) electrons. The molecule has 3 rings (SSSR count). The van der Waals surface area contributed by atoms with Gasteiger partial charge in [-0.1, -0.05) is 12.1 Å². The highest BCUT2D eigenvalue weighted by Crippen LogP contribution is 2.30. The van der Waals surface area contributed by atoms with Crippen LogP contribution in [0.15, 0.2) is 48.4 Å². The highest BCUT2D eigenvalue weighted by molar-refractivity contribution is 5.48. The number of hydrogen-bond donors (Lipinski definition) is 2. The van der Waals surface area contributed by atoms with E-state index in [0.29, 0.717) is 36.3 Å². The summed E-state index contributed by atoms with van der Waals surface area (Å²) < 4.78 is 16.7. The zero-order valence-corrected chi connectivity index (χ0v) is 15.5. The lowest BCUT2D eigenvalue weighted by atomic mass is 10.0. The quantitative estimate of drug-likeness (QED) is 0.774. The molecule has 4 N–H and O–H groups in total. The van der Waals surface area contributed by atoms with Crippen molar-refractivity contribution in [1.29, 1.82) is 0 Å². The summed E-state index contributed by atoms with van der Waals surface area (Å²) in [6.07, 6.45) is 9.24. The molecule has 1 aliphatic rings. The zero-order chi connectivity index (χ0) is 19.2. The molecule has 0 bridgehead atoms. The number of hydrogen-bond acceptors (Lipinski definition) is 7. The lowest BCUT2D eigenvalue weighted by Gasteiger charge is -2.18. The molecular formula is C20H24N4O3. The molecular weight excluding hydrogens is 344 g/mol. The minimum atomic E-state index is 0.168. The van der Waals surface area contributed by atoms with E-state index in [4.69, 9.17) is 25.7 Å². The summed E-state index contributed by atoms with van der Waals surface area (Å²) in [5.74, 6) is 3.13. The molecule has 0 aliphatic heterocycles. The molecule has 7 nitrogen and oxygen atoms in total. The van der Waals surface area contributed by atoms with Crippen molar-refractivity contribution >= 4 is 11.8 Å². The van der Waals surface area contributed by atoms with Crippen LogP contribution >= 0.6 is 0 Å². The van der Waals surface area contributed by atoms with E-state index in [9.17, 15) is 0 Å². The number of nitrogen functional groups attached to an aromatic ring is 2. The van der Waals surface area contributed by atoms with Crippen LogP contribution in [0.2, 0.25) is 0 Å². The Kier molecular flexibility index (Phi) is 5.80. The molecule has 27 heavy (non-hydrogen) atoms. The summed E-state index contributed by atoms with van der Waals surface area (Å²) in [6.45, 7) is 0.568. The van der Waals surface area contributed by atoms with Crippen LogP contribution in [0.3, 0.4) is 0 Å². The fourth-order valence-corrected chi connectivity index (χ4v) is 2.85. The number of methoxy groups -OCH3 is 2. The molecule has 7 heteroatoms. The minimum Gasteiger partial charge on any atom is -0.497 e. The van der Waals surface area contributed by atoms with E-state index in [1.54, 1.807) is 20.4 Å². The van der Waals surface area contributed by atoms with Crippen molar-refractivity contribution in [2.75, 3.05) is 32.3 Å². The molecule has 142 valence electrons. The second-order valence-electron chi connectivity index (χ2n) is 6.28. The first-order valence-corrected chi connectivity index (χ1v) is 8.68. The van der Waals surface area contributed by atoms with Crippen molar-refractivity contribution in [2.24, 2.45) is 5.92 Å². The number of aromatic nitrogens is 2. The summed E-state index contributed by atoms with van der Waals surface area (Å²) >= 11 is 0. The average molecular weight is 368 g/mol. The van der Waals surface area contributed by atoms with E-state index in [0.717, 1.165) is 23.3 Å². The summed E-state index contributed by atoms with van der Waals surface area (Å²) in [5, 5.41) is 0. The highest BCUT2D eigenvalue weighted by atomic mass is 16.5. The molecule has 0 amide bonds. The number of nitrogens with zero attached hydrogens (tertiary/aromatic N) is 2. The van der Waals surface area contributed by atoms with Gasteiger partial charge < -0.3 is 25.7 Å². The lowest BCUT2D eigenvalue weighted by Crippen LogP contribution is -2.12. The van der Waals surface area contributed by atoms with Gasteiger partial charge in [0.15, 0.2) is 11.5 Å². The summed E-state index contributed by atoms with van der Waals surface area (Å²) in [4.78, 5) is 7.99. The Morgan fingerprint density at radius 3 is 2.67 bits per heavy atom. The Morgan fingerprint density at radius 1 is 1.15 bits per heavy atom. The third-order valence-corrected chi connectivity index (χ3v) is 4.38. The molecule has 1 aromatic carbocycles. The van der Waals surface area contributed by atoms with Gasteiger partial charge in [0, 0.05) is 24.1 Å². The third kappa shape index (κ3) is 4.69. The van der Waals surface area contributed by atoms with Gasteiger partial charge in [-0.25, -0.2) is 4.98 Å². The van der Waals surface area contributed by atoms with E-state index in [2.05, 4.69) is 22.1 Å². The number of anilines is 2. The first-order valence-electron chi connectivity index (χ1n) is 8.68. The Labute approximate surface area is 158 Å². The Balaban J connectivity index is 1.66. The van der Waals surface area contributed by atoms with Crippen molar-refractivity contribution in [3.63, 3.8) is 0 Å². The fraction of sp³-hybridized carbons (Fsp3) is 0.300. The monoisotopic (exact) mass is 368 g/mol. The number of allylic oxidation sites excluding steroid dienone is 2. The van der Waals surface area contributed by atoms with Gasteiger partial charge in [0.25, 0.3) is 0 Å². The maximum absolute atomic E-state index is 5.97. The van der Waals surface area contributed by atoms with Gasteiger partial charge in [0.2, 0.25) is 5.95 Å². The van der Waals surface area contributed by atoms with Gasteiger partial charge in [0.1, 0.15) is 11.6 Å². The van der Waals surface area contributed by atoms with Gasteiger partial charge >= 0.3 is 0 Å². The predicted molar refractivity (Wildman–Crippen MR) is 104 cm³/mol. The molecule has 0 fully saturated rings. The molecule has 1 atom stereocenters. The van der Waals surface area contributed by atoms with Crippen LogP contribution in [0.4, 0.5) is 11.8 Å². The predicted octanol–water partition coefficient (Wildman–Crippen LogP) is 2.73. The van der Waals surface area contributed by atoms with Gasteiger partial charge in [-0.2, -0.15) is 4.98 Å². The van der Waals surface area contributed by atoms with Crippen LogP contribution in [0.1, 0.15) is 17.5 Å². The molecule has 2 aromatic rings. The van der Waals surface area contributed by atoms with E-state index in [1.165, 1.54) is 0 Å². The number of rotatable bonds is 7. The van der Waals surface area contributed by atoms with E-state index in [1.807, 2.05) is 24.3 Å². The van der Waals surface area contributed by atoms with Crippen molar-refractivity contribution in [3.8, 4) is 11.5 Å². The number of ether oxygens (including phenoxy) is 3.